The molecule has 0 radical (unpaired) electrons. The average molecular weight is 319 g/mol. The Kier molecular flexibility index (Phi) is 1.93. The molecule has 3 aromatic heterocycles. The van der Waals surface area contributed by atoms with Crippen LogP contribution >= 0.6 is 11.3 Å². The largest absolute Gasteiger partial charge is 0.454 e. The maximum Gasteiger partial charge on any atom is 0.153 e. The summed E-state index contributed by atoms with van der Waals surface area (Å²) in [5.74, 6) is 0. The molecular formula is C20H13NOS. The Morgan fingerprint density at radius 3 is 2.96 bits per heavy atom. The average Bonchev–Trinajstić information content (AvgIpc) is 3.22. The monoisotopic (exact) mass is 319 g/mol. The van der Waals surface area contributed by atoms with Crippen LogP contribution in [0.15, 0.2) is 65.1 Å². The number of aryl methyl sites for hydroxylation is 1. The smallest absolute Gasteiger partial charge is 0.153 e. The Labute approximate surface area is 142 Å². The minimum Gasteiger partial charge on any atom is -0.454 e. The van der Waals surface area contributed by atoms with Gasteiger partial charge in [0, 0.05) is 27.4 Å². The van der Waals surface area contributed by atoms with Crippen molar-refractivity contribution in [2.45, 2.75) is 6.92 Å². The third-order valence-electron chi connectivity index (χ3n) is 4.00. The summed E-state index contributed by atoms with van der Waals surface area (Å²) in [4.78, 5) is 5.31. The van der Waals surface area contributed by atoms with E-state index in [9.17, 15) is 0 Å². The van der Waals surface area contributed by atoms with Crippen LogP contribution < -0.4 is 0 Å². The SMILES string of the molecule is [2H]c1nc(-c2cccc3c2oc2c3ccc3cc(C)sc32)c([2H])c([2H])c1[2H]. The highest BCUT2D eigenvalue weighted by Gasteiger charge is 2.15. The van der Waals surface area contributed by atoms with Crippen LogP contribution in [0.25, 0.3) is 43.3 Å². The Morgan fingerprint density at radius 1 is 1.09 bits per heavy atom. The van der Waals surface area contributed by atoms with E-state index in [2.05, 4.69) is 24.0 Å². The van der Waals surface area contributed by atoms with E-state index in [0.29, 0.717) is 11.1 Å². The van der Waals surface area contributed by atoms with Crippen LogP contribution in [0, 0.1) is 6.92 Å². The van der Waals surface area contributed by atoms with Gasteiger partial charge in [-0.3, -0.25) is 4.98 Å². The lowest BCUT2D eigenvalue weighted by Crippen LogP contribution is -1.81. The molecule has 2 aromatic carbocycles. The summed E-state index contributed by atoms with van der Waals surface area (Å²) in [5.41, 5.74) is 2.15. The molecule has 0 unspecified atom stereocenters. The minimum atomic E-state index is -0.337. The van der Waals surface area contributed by atoms with Crippen molar-refractivity contribution in [3.05, 3.63) is 65.6 Å². The molecule has 0 fully saturated rings. The van der Waals surface area contributed by atoms with Crippen molar-refractivity contribution in [3.63, 3.8) is 0 Å². The molecule has 0 aliphatic carbocycles. The first-order valence-corrected chi connectivity index (χ1v) is 8.06. The molecule has 0 amide bonds. The molecule has 0 aliphatic rings. The molecule has 0 spiro atoms. The van der Waals surface area contributed by atoms with Crippen LogP contribution in [0.5, 0.6) is 0 Å². The van der Waals surface area contributed by atoms with Gasteiger partial charge in [0.05, 0.1) is 15.9 Å². The fourth-order valence-electron chi connectivity index (χ4n) is 3.03. The third kappa shape index (κ3) is 1.83. The van der Waals surface area contributed by atoms with Gasteiger partial charge < -0.3 is 4.42 Å². The molecule has 3 heterocycles. The van der Waals surface area contributed by atoms with Gasteiger partial charge in [-0.2, -0.15) is 0 Å². The van der Waals surface area contributed by atoms with E-state index in [0.717, 1.165) is 26.4 Å². The molecule has 23 heavy (non-hydrogen) atoms. The van der Waals surface area contributed by atoms with Gasteiger partial charge in [-0.1, -0.05) is 24.2 Å². The summed E-state index contributed by atoms with van der Waals surface area (Å²) in [6.45, 7) is 2.06. The molecule has 5 aromatic rings. The maximum atomic E-state index is 8.22. The van der Waals surface area contributed by atoms with E-state index >= 15 is 0 Å². The fourth-order valence-corrected chi connectivity index (χ4v) is 4.02. The second-order valence-electron chi connectivity index (χ2n) is 5.45. The summed E-state index contributed by atoms with van der Waals surface area (Å²) in [6, 6.07) is 11.0. The standard InChI is InChI=1S/C20H13NOS/c1-12-11-13-8-9-15-14-5-4-6-16(17-7-2-3-10-21-17)18(14)22-19(15)20(13)23-12/h2-11H,1H3/i2D,3D,7D,10D. The molecule has 0 bridgehead atoms. The fraction of sp³-hybridized carbons (Fsp3) is 0.0500. The van der Waals surface area contributed by atoms with Crippen LogP contribution in [0.3, 0.4) is 0 Å². The number of rotatable bonds is 1. The summed E-state index contributed by atoms with van der Waals surface area (Å²) < 4.78 is 39.0. The minimum absolute atomic E-state index is 0.166. The van der Waals surface area contributed by atoms with Gasteiger partial charge >= 0.3 is 0 Å². The van der Waals surface area contributed by atoms with Crippen LogP contribution in [0.1, 0.15) is 10.4 Å². The molecule has 3 heteroatoms. The van der Waals surface area contributed by atoms with Crippen LogP contribution in [0.4, 0.5) is 0 Å². The summed E-state index contributed by atoms with van der Waals surface area (Å²) in [5, 5.41) is 3.03. The molecular weight excluding hydrogens is 302 g/mol. The highest BCUT2D eigenvalue weighted by Crippen LogP contribution is 2.40. The molecule has 0 N–H and O–H groups in total. The van der Waals surface area contributed by atoms with E-state index in [1.54, 1.807) is 17.4 Å². The maximum absolute atomic E-state index is 8.22. The number of aromatic nitrogens is 1. The van der Waals surface area contributed by atoms with Crippen molar-refractivity contribution in [1.82, 2.24) is 4.98 Å². The predicted molar refractivity (Wildman–Crippen MR) is 97.1 cm³/mol. The lowest BCUT2D eigenvalue weighted by Gasteiger charge is -2.00. The predicted octanol–water partition coefficient (Wildman–Crippen LogP) is 6.17. The van der Waals surface area contributed by atoms with E-state index in [-0.39, 0.29) is 30.0 Å². The van der Waals surface area contributed by atoms with E-state index in [4.69, 9.17) is 9.90 Å². The molecule has 0 saturated carbocycles. The second-order valence-corrected chi connectivity index (χ2v) is 6.71. The molecule has 0 aliphatic heterocycles. The number of pyridine rings is 1. The van der Waals surface area contributed by atoms with Crippen molar-refractivity contribution in [1.29, 1.82) is 0 Å². The lowest BCUT2D eigenvalue weighted by atomic mass is 10.1. The van der Waals surface area contributed by atoms with Crippen LogP contribution in [-0.2, 0) is 0 Å². The Morgan fingerprint density at radius 2 is 2.00 bits per heavy atom. The molecule has 5 rings (SSSR count). The van der Waals surface area contributed by atoms with Gasteiger partial charge in [0.25, 0.3) is 0 Å². The number of fused-ring (bicyclic) bond motifs is 5. The van der Waals surface area contributed by atoms with Crippen LogP contribution in [0.2, 0.25) is 0 Å². The van der Waals surface area contributed by atoms with E-state index in [1.807, 2.05) is 18.2 Å². The van der Waals surface area contributed by atoms with Crippen molar-refractivity contribution in [2.75, 3.05) is 0 Å². The zero-order valence-electron chi connectivity index (χ0n) is 16.2. The zero-order chi connectivity index (χ0) is 18.9. The Balaban J connectivity index is 1.91. The summed E-state index contributed by atoms with van der Waals surface area (Å²) in [7, 11) is 0. The van der Waals surface area contributed by atoms with E-state index in [1.165, 1.54) is 4.88 Å². The van der Waals surface area contributed by atoms with Crippen molar-refractivity contribution in [3.8, 4) is 11.3 Å². The zero-order valence-corrected chi connectivity index (χ0v) is 13.0. The molecule has 0 atom stereocenters. The first-order chi connectivity index (χ1) is 13.0. The topological polar surface area (TPSA) is 26.0 Å². The number of thiophene rings is 1. The normalized spacial score (nSPS) is 14.1. The highest BCUT2D eigenvalue weighted by molar-refractivity contribution is 7.19. The first kappa shape index (κ1) is 9.48. The van der Waals surface area contributed by atoms with Gasteiger partial charge in [-0.05, 0) is 42.6 Å². The number of benzene rings is 2. The third-order valence-corrected chi connectivity index (χ3v) is 5.06. The van der Waals surface area contributed by atoms with E-state index < -0.39 is 0 Å². The van der Waals surface area contributed by atoms with Gasteiger partial charge in [0.15, 0.2) is 5.58 Å². The number of furan rings is 1. The van der Waals surface area contributed by atoms with Gasteiger partial charge in [-0.15, -0.1) is 11.3 Å². The van der Waals surface area contributed by atoms with Crippen molar-refractivity contribution < 1.29 is 9.90 Å². The molecule has 0 saturated heterocycles. The quantitative estimate of drug-likeness (QED) is 0.369. The summed E-state index contributed by atoms with van der Waals surface area (Å²) in [6.07, 6.45) is -0.310. The number of nitrogens with zero attached hydrogens (tertiary/aromatic N) is 1. The first-order valence-electron chi connectivity index (χ1n) is 9.25. The number of para-hydroxylation sites is 1. The number of hydrogen-bond acceptors (Lipinski definition) is 3. The van der Waals surface area contributed by atoms with Gasteiger partial charge in [0.1, 0.15) is 5.58 Å². The van der Waals surface area contributed by atoms with Gasteiger partial charge in [0.2, 0.25) is 0 Å². The Hall–Kier alpha value is -2.65. The van der Waals surface area contributed by atoms with Crippen LogP contribution in [-0.4, -0.2) is 4.98 Å². The Bertz CT molecular complexity index is 1390. The summed E-state index contributed by atoms with van der Waals surface area (Å²) >= 11 is 1.68. The molecule has 110 valence electrons. The van der Waals surface area contributed by atoms with Crippen molar-refractivity contribution >= 4 is 43.4 Å². The molecule has 2 nitrogen and oxygen atoms in total. The lowest BCUT2D eigenvalue weighted by molar-refractivity contribution is 0.674. The number of hydrogen-bond donors (Lipinski definition) is 0. The van der Waals surface area contributed by atoms with Crippen molar-refractivity contribution in [2.24, 2.45) is 0 Å². The van der Waals surface area contributed by atoms with Gasteiger partial charge in [-0.25, -0.2) is 0 Å². The highest BCUT2D eigenvalue weighted by atomic mass is 32.1. The second kappa shape index (κ2) is 4.67.